The largest absolute Gasteiger partial charge is 0.467 e. The summed E-state index contributed by atoms with van der Waals surface area (Å²) in [6.45, 7) is 6.34. The molecular weight excluding hydrogens is 269 g/mol. The van der Waals surface area contributed by atoms with Crippen LogP contribution in [0.2, 0.25) is 5.02 Å². The van der Waals surface area contributed by atoms with Crippen LogP contribution in [0.3, 0.4) is 0 Å². The Bertz CT molecular complexity index is 465. The highest BCUT2D eigenvalue weighted by Gasteiger charge is 2.37. The molecule has 1 aromatic carbocycles. The van der Waals surface area contributed by atoms with Gasteiger partial charge in [0.1, 0.15) is 11.4 Å². The van der Waals surface area contributed by atoms with Crippen LogP contribution in [-0.4, -0.2) is 19.6 Å². The van der Waals surface area contributed by atoms with E-state index >= 15 is 0 Å². The van der Waals surface area contributed by atoms with Crippen molar-refractivity contribution in [1.82, 2.24) is 5.32 Å². The number of carbonyl (C=O) groups is 1. The summed E-state index contributed by atoms with van der Waals surface area (Å²) in [5, 5.41) is 3.34. The molecule has 0 aliphatic heterocycles. The summed E-state index contributed by atoms with van der Waals surface area (Å²) >= 11 is 6.04. The Balaban J connectivity index is 3.18. The molecule has 0 radical (unpaired) electrons. The number of hydrogen-bond acceptors (Lipinski definition) is 3. The third kappa shape index (κ3) is 3.67. The maximum atomic E-state index is 13.1. The van der Waals surface area contributed by atoms with Crippen molar-refractivity contribution in [3.63, 3.8) is 0 Å². The molecule has 1 N–H and O–H groups in total. The van der Waals surface area contributed by atoms with E-state index in [1.165, 1.54) is 25.3 Å². The standard InChI is InChI=1S/C14H19ClFNO2/c1-9(2)8-17-14(3,13(18)19-4)11-6-5-10(16)7-12(11)15/h5-7,9,17H,8H2,1-4H3. The second kappa shape index (κ2) is 6.35. The van der Waals surface area contributed by atoms with Gasteiger partial charge in [0.15, 0.2) is 0 Å². The predicted molar refractivity (Wildman–Crippen MR) is 73.6 cm³/mol. The lowest BCUT2D eigenvalue weighted by atomic mass is 9.91. The van der Waals surface area contributed by atoms with Gasteiger partial charge in [-0.2, -0.15) is 0 Å². The van der Waals surface area contributed by atoms with Gasteiger partial charge in [-0.15, -0.1) is 0 Å². The van der Waals surface area contributed by atoms with Gasteiger partial charge in [-0.25, -0.2) is 9.18 Å². The summed E-state index contributed by atoms with van der Waals surface area (Å²) in [5.74, 6) is -0.547. The summed E-state index contributed by atoms with van der Waals surface area (Å²) in [6, 6.07) is 3.97. The van der Waals surface area contributed by atoms with E-state index in [2.05, 4.69) is 5.32 Å². The smallest absolute Gasteiger partial charge is 0.330 e. The molecule has 3 nitrogen and oxygen atoms in total. The summed E-state index contributed by atoms with van der Waals surface area (Å²) < 4.78 is 17.9. The van der Waals surface area contributed by atoms with E-state index in [0.29, 0.717) is 18.0 Å². The minimum atomic E-state index is -1.09. The molecule has 0 aliphatic carbocycles. The van der Waals surface area contributed by atoms with Gasteiger partial charge in [0.2, 0.25) is 0 Å². The fourth-order valence-corrected chi connectivity index (χ4v) is 2.14. The van der Waals surface area contributed by atoms with Crippen LogP contribution in [0.25, 0.3) is 0 Å². The maximum absolute atomic E-state index is 13.1. The van der Waals surface area contributed by atoms with Crippen LogP contribution in [0, 0.1) is 11.7 Å². The average Bonchev–Trinajstić information content (AvgIpc) is 2.34. The number of methoxy groups -OCH3 is 1. The fourth-order valence-electron chi connectivity index (χ4n) is 1.78. The van der Waals surface area contributed by atoms with E-state index < -0.39 is 17.3 Å². The molecule has 106 valence electrons. The molecule has 0 saturated carbocycles. The molecule has 0 aliphatic rings. The van der Waals surface area contributed by atoms with Crippen molar-refractivity contribution in [2.45, 2.75) is 26.3 Å². The van der Waals surface area contributed by atoms with Crippen molar-refractivity contribution in [3.8, 4) is 0 Å². The van der Waals surface area contributed by atoms with Crippen LogP contribution >= 0.6 is 11.6 Å². The zero-order chi connectivity index (χ0) is 14.6. The fraction of sp³-hybridized carbons (Fsp3) is 0.500. The Hall–Kier alpha value is -1.13. The first-order valence-electron chi connectivity index (χ1n) is 6.10. The van der Waals surface area contributed by atoms with Gasteiger partial charge in [0.05, 0.1) is 7.11 Å². The topological polar surface area (TPSA) is 38.3 Å². The summed E-state index contributed by atoms with van der Waals surface area (Å²) in [6.07, 6.45) is 0. The first-order chi connectivity index (χ1) is 8.81. The second-order valence-electron chi connectivity index (χ2n) is 5.02. The van der Waals surface area contributed by atoms with Crippen molar-refractivity contribution in [3.05, 3.63) is 34.6 Å². The van der Waals surface area contributed by atoms with Crippen LogP contribution in [0.5, 0.6) is 0 Å². The molecule has 0 bridgehead atoms. The van der Waals surface area contributed by atoms with Gasteiger partial charge >= 0.3 is 5.97 Å². The molecule has 1 atom stereocenters. The average molecular weight is 288 g/mol. The zero-order valence-electron chi connectivity index (χ0n) is 11.6. The quantitative estimate of drug-likeness (QED) is 0.846. The monoisotopic (exact) mass is 287 g/mol. The minimum absolute atomic E-state index is 0.198. The van der Waals surface area contributed by atoms with Gasteiger partial charge in [0.25, 0.3) is 0 Å². The lowest BCUT2D eigenvalue weighted by Gasteiger charge is -2.30. The Kier molecular flexibility index (Phi) is 5.32. The van der Waals surface area contributed by atoms with E-state index in [1.807, 2.05) is 13.8 Å². The SMILES string of the molecule is COC(=O)C(C)(NCC(C)C)c1ccc(F)cc1Cl. The molecule has 1 rings (SSSR count). The van der Waals surface area contributed by atoms with Gasteiger partial charge in [0, 0.05) is 10.6 Å². The number of hydrogen-bond donors (Lipinski definition) is 1. The van der Waals surface area contributed by atoms with E-state index in [-0.39, 0.29) is 5.02 Å². The molecule has 0 amide bonds. The summed E-state index contributed by atoms with van der Waals surface area (Å²) in [5.41, 5.74) is -0.591. The van der Waals surface area contributed by atoms with Crippen LogP contribution < -0.4 is 5.32 Å². The van der Waals surface area contributed by atoms with Crippen LogP contribution in [0.4, 0.5) is 4.39 Å². The predicted octanol–water partition coefficient (Wildman–Crippen LogP) is 3.11. The first-order valence-corrected chi connectivity index (χ1v) is 6.48. The van der Waals surface area contributed by atoms with Gasteiger partial charge in [-0.05, 0) is 31.5 Å². The molecule has 19 heavy (non-hydrogen) atoms. The molecule has 1 unspecified atom stereocenters. The number of esters is 1. The molecular formula is C14H19ClFNO2. The van der Waals surface area contributed by atoms with E-state index in [1.54, 1.807) is 6.92 Å². The van der Waals surface area contributed by atoms with Crippen molar-refractivity contribution in [2.75, 3.05) is 13.7 Å². The lowest BCUT2D eigenvalue weighted by molar-refractivity contribution is -0.148. The highest BCUT2D eigenvalue weighted by atomic mass is 35.5. The third-order valence-corrected chi connectivity index (χ3v) is 3.24. The summed E-state index contributed by atoms with van der Waals surface area (Å²) in [4.78, 5) is 12.0. The molecule has 1 aromatic rings. The van der Waals surface area contributed by atoms with Crippen LogP contribution in [0.1, 0.15) is 26.3 Å². The number of ether oxygens (including phenoxy) is 1. The van der Waals surface area contributed by atoms with Gasteiger partial charge < -0.3 is 4.74 Å². The van der Waals surface area contributed by atoms with Gasteiger partial charge in [-0.3, -0.25) is 5.32 Å². The van der Waals surface area contributed by atoms with E-state index in [0.717, 1.165) is 0 Å². The zero-order valence-corrected chi connectivity index (χ0v) is 12.3. The number of carbonyl (C=O) groups excluding carboxylic acids is 1. The molecule has 0 heterocycles. The normalized spacial score (nSPS) is 14.3. The van der Waals surface area contributed by atoms with Crippen LogP contribution in [-0.2, 0) is 15.1 Å². The first kappa shape index (κ1) is 15.9. The van der Waals surface area contributed by atoms with Crippen molar-refractivity contribution < 1.29 is 13.9 Å². The Labute approximate surface area is 118 Å². The third-order valence-electron chi connectivity index (χ3n) is 2.93. The Morgan fingerprint density at radius 3 is 2.63 bits per heavy atom. The maximum Gasteiger partial charge on any atom is 0.330 e. The van der Waals surface area contributed by atoms with Crippen molar-refractivity contribution in [2.24, 2.45) is 5.92 Å². The van der Waals surface area contributed by atoms with E-state index in [9.17, 15) is 9.18 Å². The highest BCUT2D eigenvalue weighted by molar-refractivity contribution is 6.31. The summed E-state index contributed by atoms with van der Waals surface area (Å²) in [7, 11) is 1.31. The lowest BCUT2D eigenvalue weighted by Crippen LogP contribution is -2.48. The van der Waals surface area contributed by atoms with Gasteiger partial charge in [-0.1, -0.05) is 31.5 Å². The molecule has 0 aromatic heterocycles. The van der Waals surface area contributed by atoms with Crippen LogP contribution in [0.15, 0.2) is 18.2 Å². The number of benzene rings is 1. The van der Waals surface area contributed by atoms with Crippen molar-refractivity contribution >= 4 is 17.6 Å². The van der Waals surface area contributed by atoms with Crippen molar-refractivity contribution in [1.29, 1.82) is 0 Å². The molecule has 0 saturated heterocycles. The number of halogens is 2. The minimum Gasteiger partial charge on any atom is -0.467 e. The molecule has 5 heteroatoms. The Morgan fingerprint density at radius 1 is 1.53 bits per heavy atom. The number of nitrogens with one attached hydrogen (secondary N) is 1. The highest BCUT2D eigenvalue weighted by Crippen LogP contribution is 2.30. The molecule has 0 spiro atoms. The number of rotatable bonds is 5. The van der Waals surface area contributed by atoms with E-state index in [4.69, 9.17) is 16.3 Å². The second-order valence-corrected chi connectivity index (χ2v) is 5.42. The molecule has 0 fully saturated rings. The Morgan fingerprint density at radius 2 is 2.16 bits per heavy atom.